The van der Waals surface area contributed by atoms with E-state index in [1.807, 2.05) is 0 Å². The molecule has 1 fully saturated rings. The van der Waals surface area contributed by atoms with E-state index >= 15 is 0 Å². The fourth-order valence-corrected chi connectivity index (χ4v) is 1.60. The lowest BCUT2D eigenvalue weighted by atomic mass is 10.1. The van der Waals surface area contributed by atoms with Gasteiger partial charge in [0.1, 0.15) is 16.8 Å². The molecule has 1 saturated carbocycles. The minimum Gasteiger partial charge on any atom is -0.365 e. The average molecular weight is 226 g/mol. The van der Waals surface area contributed by atoms with Crippen LogP contribution in [0.25, 0.3) is 0 Å². The van der Waals surface area contributed by atoms with Crippen LogP contribution in [0.2, 0.25) is 5.15 Å². The van der Waals surface area contributed by atoms with Gasteiger partial charge in [0.15, 0.2) is 0 Å². The molecular weight excluding hydrogens is 210 g/mol. The zero-order chi connectivity index (χ0) is 11.1. The van der Waals surface area contributed by atoms with Crippen LogP contribution >= 0.6 is 11.6 Å². The van der Waals surface area contributed by atoms with Gasteiger partial charge < -0.3 is 5.32 Å². The maximum absolute atomic E-state index is 5.96. The molecule has 0 atom stereocenters. The summed E-state index contributed by atoms with van der Waals surface area (Å²) in [6.07, 6.45) is 2.38. The number of nitrogens with one attached hydrogen (secondary N) is 1. The van der Waals surface area contributed by atoms with Gasteiger partial charge in [0.05, 0.1) is 0 Å². The molecular formula is C11H16ClN3. The third kappa shape index (κ3) is 3.06. The summed E-state index contributed by atoms with van der Waals surface area (Å²) >= 11 is 5.96. The monoisotopic (exact) mass is 225 g/mol. The van der Waals surface area contributed by atoms with E-state index in [2.05, 4.69) is 36.1 Å². The highest BCUT2D eigenvalue weighted by Crippen LogP contribution is 2.38. The second kappa shape index (κ2) is 3.63. The summed E-state index contributed by atoms with van der Waals surface area (Å²) in [4.78, 5) is 8.71. The van der Waals surface area contributed by atoms with Crippen LogP contribution in [0.5, 0.6) is 0 Å². The molecule has 0 aliphatic heterocycles. The first kappa shape index (κ1) is 10.7. The summed E-state index contributed by atoms with van der Waals surface area (Å²) in [7, 11) is 0. The van der Waals surface area contributed by atoms with E-state index in [-0.39, 0.29) is 5.54 Å². The molecule has 0 aromatic carbocycles. The Labute approximate surface area is 95.3 Å². The van der Waals surface area contributed by atoms with Crippen molar-refractivity contribution in [2.45, 2.75) is 45.1 Å². The molecule has 1 aliphatic carbocycles. The summed E-state index contributed by atoms with van der Waals surface area (Å²) in [5.41, 5.74) is -0.00148. The number of aromatic nitrogens is 2. The quantitative estimate of drug-likeness (QED) is 0.786. The molecule has 1 heterocycles. The van der Waals surface area contributed by atoms with Gasteiger partial charge in [0.2, 0.25) is 0 Å². The first-order chi connectivity index (χ1) is 6.94. The number of hydrogen-bond donors (Lipinski definition) is 1. The second-order valence-corrected chi connectivity index (χ2v) is 5.47. The van der Waals surface area contributed by atoms with Gasteiger partial charge in [-0.3, -0.25) is 0 Å². The summed E-state index contributed by atoms with van der Waals surface area (Å²) in [5.74, 6) is 2.24. The van der Waals surface area contributed by atoms with Crippen LogP contribution in [0.15, 0.2) is 6.07 Å². The van der Waals surface area contributed by atoms with Gasteiger partial charge in [0, 0.05) is 17.5 Å². The number of hydrogen-bond acceptors (Lipinski definition) is 3. The summed E-state index contributed by atoms with van der Waals surface area (Å²) < 4.78 is 0. The van der Waals surface area contributed by atoms with Gasteiger partial charge in [-0.1, -0.05) is 11.6 Å². The van der Waals surface area contributed by atoms with Crippen molar-refractivity contribution >= 4 is 17.4 Å². The minimum atomic E-state index is -0.00148. The Morgan fingerprint density at radius 3 is 2.53 bits per heavy atom. The lowest BCUT2D eigenvalue weighted by Gasteiger charge is -2.21. The molecule has 1 N–H and O–H groups in total. The van der Waals surface area contributed by atoms with Crippen molar-refractivity contribution in [2.75, 3.05) is 5.32 Å². The molecule has 1 aromatic heterocycles. The standard InChI is InChI=1S/C11H16ClN3/c1-11(2,3)15-9-6-8(12)13-10(14-9)7-4-5-7/h6-7H,4-5H2,1-3H3,(H,13,14,15). The highest BCUT2D eigenvalue weighted by Gasteiger charge is 2.27. The third-order valence-corrected chi connectivity index (χ3v) is 2.35. The lowest BCUT2D eigenvalue weighted by Crippen LogP contribution is -2.26. The zero-order valence-electron chi connectivity index (χ0n) is 9.34. The predicted octanol–water partition coefficient (Wildman–Crippen LogP) is 3.22. The lowest BCUT2D eigenvalue weighted by molar-refractivity contribution is 0.629. The zero-order valence-corrected chi connectivity index (χ0v) is 10.1. The molecule has 3 nitrogen and oxygen atoms in total. The Bertz CT molecular complexity index is 367. The van der Waals surface area contributed by atoms with Gasteiger partial charge in [-0.25, -0.2) is 9.97 Å². The molecule has 0 bridgehead atoms. The largest absolute Gasteiger partial charge is 0.365 e. The number of anilines is 1. The van der Waals surface area contributed by atoms with Gasteiger partial charge in [-0.15, -0.1) is 0 Å². The van der Waals surface area contributed by atoms with Gasteiger partial charge in [-0.2, -0.15) is 0 Å². The summed E-state index contributed by atoms with van der Waals surface area (Å²) in [6.45, 7) is 6.29. The van der Waals surface area contributed by atoms with Crippen LogP contribution < -0.4 is 5.32 Å². The topological polar surface area (TPSA) is 37.8 Å². The van der Waals surface area contributed by atoms with Gasteiger partial charge in [-0.05, 0) is 33.6 Å². The fourth-order valence-electron chi connectivity index (χ4n) is 1.41. The van der Waals surface area contributed by atoms with Gasteiger partial charge in [0.25, 0.3) is 0 Å². The van der Waals surface area contributed by atoms with Crippen molar-refractivity contribution in [3.63, 3.8) is 0 Å². The highest BCUT2D eigenvalue weighted by molar-refractivity contribution is 6.29. The Balaban J connectivity index is 2.23. The Hall–Kier alpha value is -0.830. The molecule has 4 heteroatoms. The van der Waals surface area contributed by atoms with E-state index in [0.29, 0.717) is 11.1 Å². The molecule has 2 rings (SSSR count). The van der Waals surface area contributed by atoms with Gasteiger partial charge >= 0.3 is 0 Å². The molecule has 15 heavy (non-hydrogen) atoms. The second-order valence-electron chi connectivity index (χ2n) is 5.08. The Kier molecular flexibility index (Phi) is 2.59. The number of nitrogens with zero attached hydrogens (tertiary/aromatic N) is 2. The van der Waals surface area contributed by atoms with E-state index in [9.17, 15) is 0 Å². The van der Waals surface area contributed by atoms with Crippen LogP contribution in [-0.2, 0) is 0 Å². The molecule has 0 unspecified atom stereocenters. The molecule has 0 spiro atoms. The third-order valence-electron chi connectivity index (χ3n) is 2.16. The fraction of sp³-hybridized carbons (Fsp3) is 0.636. The van der Waals surface area contributed by atoms with Crippen LogP contribution in [0.3, 0.4) is 0 Å². The van der Waals surface area contributed by atoms with E-state index in [4.69, 9.17) is 11.6 Å². The SMILES string of the molecule is CC(C)(C)Nc1cc(Cl)nc(C2CC2)n1. The number of rotatable bonds is 2. The Morgan fingerprint density at radius 1 is 1.33 bits per heavy atom. The molecule has 82 valence electrons. The average Bonchev–Trinajstić information content (AvgIpc) is 2.80. The summed E-state index contributed by atoms with van der Waals surface area (Å²) in [6, 6.07) is 1.78. The molecule has 1 aromatic rings. The minimum absolute atomic E-state index is 0.00148. The Morgan fingerprint density at radius 2 is 2.00 bits per heavy atom. The smallest absolute Gasteiger partial charge is 0.135 e. The van der Waals surface area contributed by atoms with Crippen molar-refractivity contribution in [3.05, 3.63) is 17.0 Å². The van der Waals surface area contributed by atoms with Crippen molar-refractivity contribution in [1.29, 1.82) is 0 Å². The maximum Gasteiger partial charge on any atom is 0.135 e. The normalized spacial score (nSPS) is 16.5. The maximum atomic E-state index is 5.96. The van der Waals surface area contributed by atoms with E-state index in [1.165, 1.54) is 12.8 Å². The van der Waals surface area contributed by atoms with E-state index in [0.717, 1.165) is 11.6 Å². The number of halogens is 1. The van der Waals surface area contributed by atoms with Crippen molar-refractivity contribution < 1.29 is 0 Å². The van der Waals surface area contributed by atoms with E-state index < -0.39 is 0 Å². The first-order valence-electron chi connectivity index (χ1n) is 5.27. The first-order valence-corrected chi connectivity index (χ1v) is 5.64. The van der Waals surface area contributed by atoms with Crippen LogP contribution in [0.1, 0.15) is 45.4 Å². The van der Waals surface area contributed by atoms with Crippen molar-refractivity contribution in [1.82, 2.24) is 9.97 Å². The molecule has 1 aliphatic rings. The van der Waals surface area contributed by atoms with Crippen LogP contribution in [-0.4, -0.2) is 15.5 Å². The molecule has 0 radical (unpaired) electrons. The van der Waals surface area contributed by atoms with E-state index in [1.54, 1.807) is 6.07 Å². The summed E-state index contributed by atoms with van der Waals surface area (Å²) in [5, 5.41) is 3.84. The van der Waals surface area contributed by atoms with Crippen LogP contribution in [0.4, 0.5) is 5.82 Å². The predicted molar refractivity (Wildman–Crippen MR) is 62.4 cm³/mol. The molecule has 0 saturated heterocycles. The molecule has 0 amide bonds. The van der Waals surface area contributed by atoms with Crippen LogP contribution in [0, 0.1) is 0 Å². The van der Waals surface area contributed by atoms with Crippen molar-refractivity contribution in [3.8, 4) is 0 Å². The van der Waals surface area contributed by atoms with Crippen molar-refractivity contribution in [2.24, 2.45) is 0 Å². The highest BCUT2D eigenvalue weighted by atomic mass is 35.5.